The molecule has 2 aliphatic carbocycles. The van der Waals surface area contributed by atoms with Crippen LogP contribution in [0.4, 0.5) is 0 Å². The highest BCUT2D eigenvalue weighted by atomic mass is 16.4. The molecule has 1 aromatic rings. The van der Waals surface area contributed by atoms with E-state index in [4.69, 9.17) is 5.11 Å². The third kappa shape index (κ3) is 4.32. The number of benzene rings is 1. The molecular formula is C18H24N2O3. The van der Waals surface area contributed by atoms with E-state index in [2.05, 4.69) is 10.2 Å². The summed E-state index contributed by atoms with van der Waals surface area (Å²) >= 11 is 0. The maximum atomic E-state index is 12.2. The highest BCUT2D eigenvalue weighted by Crippen LogP contribution is 2.33. The lowest BCUT2D eigenvalue weighted by molar-refractivity contribution is -0.139. The molecular weight excluding hydrogens is 292 g/mol. The summed E-state index contributed by atoms with van der Waals surface area (Å²) in [5, 5.41) is 12.1. The maximum absolute atomic E-state index is 12.2. The number of rotatable bonds is 7. The number of aryl methyl sites for hydroxylation is 1. The number of nitrogens with zero attached hydrogens (tertiary/aromatic N) is 1. The molecule has 2 fully saturated rings. The second kappa shape index (κ2) is 6.71. The molecule has 5 nitrogen and oxygen atoms in total. The van der Waals surface area contributed by atoms with Crippen LogP contribution in [-0.4, -0.2) is 47.1 Å². The largest absolute Gasteiger partial charge is 0.480 e. The molecule has 2 N–H and O–H groups in total. The predicted octanol–water partition coefficient (Wildman–Crippen LogP) is 2.05. The Kier molecular flexibility index (Phi) is 4.66. The number of carboxylic acid groups (broad SMARTS) is 1. The van der Waals surface area contributed by atoms with Crippen LogP contribution in [0.3, 0.4) is 0 Å². The van der Waals surface area contributed by atoms with Crippen LogP contribution < -0.4 is 5.32 Å². The van der Waals surface area contributed by atoms with Crippen molar-refractivity contribution in [3.8, 4) is 0 Å². The molecule has 0 spiro atoms. The van der Waals surface area contributed by atoms with E-state index < -0.39 is 5.97 Å². The lowest BCUT2D eigenvalue weighted by atomic mass is 9.85. The van der Waals surface area contributed by atoms with Gasteiger partial charge in [-0.3, -0.25) is 14.5 Å². The number of carbonyl (C=O) groups is 2. The zero-order valence-corrected chi connectivity index (χ0v) is 13.5. The van der Waals surface area contributed by atoms with Gasteiger partial charge in [-0.05, 0) is 50.7 Å². The first-order chi connectivity index (χ1) is 11.0. The average Bonchev–Trinajstić information content (AvgIpc) is 3.25. The second-order valence-corrected chi connectivity index (χ2v) is 6.93. The summed E-state index contributed by atoms with van der Waals surface area (Å²) < 4.78 is 0. The summed E-state index contributed by atoms with van der Waals surface area (Å²) in [4.78, 5) is 25.3. The molecule has 23 heavy (non-hydrogen) atoms. The van der Waals surface area contributed by atoms with Crippen molar-refractivity contribution in [1.82, 2.24) is 10.2 Å². The Bertz CT molecular complexity index is 574. The molecule has 2 aliphatic rings. The SMILES string of the molecule is Cc1ccc(C(=O)NC2CC(N(CC(=O)O)CC3CC3)C2)cc1. The monoisotopic (exact) mass is 316 g/mol. The van der Waals surface area contributed by atoms with E-state index in [1.165, 1.54) is 12.8 Å². The van der Waals surface area contributed by atoms with E-state index in [9.17, 15) is 9.59 Å². The third-order valence-electron chi connectivity index (χ3n) is 4.81. The molecule has 0 radical (unpaired) electrons. The molecule has 0 aromatic heterocycles. The molecule has 3 rings (SSSR count). The molecule has 0 aliphatic heterocycles. The van der Waals surface area contributed by atoms with Gasteiger partial charge in [-0.2, -0.15) is 0 Å². The molecule has 1 amide bonds. The van der Waals surface area contributed by atoms with E-state index in [0.29, 0.717) is 11.5 Å². The first-order valence-corrected chi connectivity index (χ1v) is 8.34. The van der Waals surface area contributed by atoms with Crippen molar-refractivity contribution in [1.29, 1.82) is 0 Å². The van der Waals surface area contributed by atoms with E-state index in [-0.39, 0.29) is 24.5 Å². The van der Waals surface area contributed by atoms with Crippen LogP contribution in [0.25, 0.3) is 0 Å². The van der Waals surface area contributed by atoms with Gasteiger partial charge in [-0.25, -0.2) is 0 Å². The normalized spacial score (nSPS) is 23.4. The molecule has 0 bridgehead atoms. The fourth-order valence-electron chi connectivity index (χ4n) is 3.13. The van der Waals surface area contributed by atoms with Crippen molar-refractivity contribution in [2.75, 3.05) is 13.1 Å². The van der Waals surface area contributed by atoms with Crippen LogP contribution in [0.2, 0.25) is 0 Å². The Labute approximate surface area is 136 Å². The van der Waals surface area contributed by atoms with Gasteiger partial charge in [0.2, 0.25) is 0 Å². The highest BCUT2D eigenvalue weighted by molar-refractivity contribution is 5.94. The lowest BCUT2D eigenvalue weighted by Crippen LogP contribution is -2.55. The Morgan fingerprint density at radius 2 is 1.87 bits per heavy atom. The number of carbonyl (C=O) groups excluding carboxylic acids is 1. The summed E-state index contributed by atoms with van der Waals surface area (Å²) in [6.07, 6.45) is 4.13. The molecule has 5 heteroatoms. The molecule has 0 heterocycles. The Balaban J connectivity index is 1.48. The Morgan fingerprint density at radius 3 is 2.43 bits per heavy atom. The summed E-state index contributed by atoms with van der Waals surface area (Å²) in [5.74, 6) is -0.131. The van der Waals surface area contributed by atoms with Gasteiger partial charge < -0.3 is 10.4 Å². The summed E-state index contributed by atoms with van der Waals surface area (Å²) in [6.45, 7) is 2.99. The Hall–Kier alpha value is -1.88. The first kappa shape index (κ1) is 16.0. The van der Waals surface area contributed by atoms with Crippen LogP contribution in [0.5, 0.6) is 0 Å². The quantitative estimate of drug-likeness (QED) is 0.808. The zero-order valence-electron chi connectivity index (χ0n) is 13.5. The highest BCUT2D eigenvalue weighted by Gasteiger charge is 2.37. The van der Waals surface area contributed by atoms with Crippen molar-refractivity contribution < 1.29 is 14.7 Å². The number of hydrogen-bond acceptors (Lipinski definition) is 3. The predicted molar refractivity (Wildman–Crippen MR) is 87.4 cm³/mol. The van der Waals surface area contributed by atoms with Gasteiger partial charge >= 0.3 is 5.97 Å². The Morgan fingerprint density at radius 1 is 1.22 bits per heavy atom. The number of carboxylic acids is 1. The molecule has 0 saturated heterocycles. The molecule has 2 saturated carbocycles. The van der Waals surface area contributed by atoms with E-state index in [0.717, 1.165) is 24.9 Å². The number of amides is 1. The van der Waals surface area contributed by atoms with Crippen LogP contribution in [0.1, 0.15) is 41.6 Å². The summed E-state index contributed by atoms with van der Waals surface area (Å²) in [5.41, 5.74) is 1.81. The molecule has 1 aromatic carbocycles. The number of hydrogen-bond donors (Lipinski definition) is 2. The van der Waals surface area contributed by atoms with Gasteiger partial charge in [0.25, 0.3) is 5.91 Å². The smallest absolute Gasteiger partial charge is 0.317 e. The second-order valence-electron chi connectivity index (χ2n) is 6.93. The minimum atomic E-state index is -0.766. The first-order valence-electron chi connectivity index (χ1n) is 8.34. The van der Waals surface area contributed by atoms with E-state index >= 15 is 0 Å². The van der Waals surface area contributed by atoms with Gasteiger partial charge in [-0.1, -0.05) is 17.7 Å². The average molecular weight is 316 g/mol. The van der Waals surface area contributed by atoms with Crippen LogP contribution in [0, 0.1) is 12.8 Å². The minimum absolute atomic E-state index is 0.0413. The minimum Gasteiger partial charge on any atom is -0.480 e. The summed E-state index contributed by atoms with van der Waals surface area (Å²) in [7, 11) is 0. The van der Waals surface area contributed by atoms with Gasteiger partial charge in [0, 0.05) is 24.2 Å². The maximum Gasteiger partial charge on any atom is 0.317 e. The van der Waals surface area contributed by atoms with E-state index in [1.54, 1.807) is 0 Å². The van der Waals surface area contributed by atoms with Crippen molar-refractivity contribution in [2.45, 2.75) is 44.7 Å². The molecule has 0 atom stereocenters. The number of aliphatic carboxylic acids is 1. The van der Waals surface area contributed by atoms with E-state index in [1.807, 2.05) is 31.2 Å². The summed E-state index contributed by atoms with van der Waals surface area (Å²) in [6, 6.07) is 7.99. The van der Waals surface area contributed by atoms with Crippen molar-refractivity contribution in [3.63, 3.8) is 0 Å². The van der Waals surface area contributed by atoms with Crippen molar-refractivity contribution >= 4 is 11.9 Å². The standard InChI is InChI=1S/C18H24N2O3/c1-12-2-6-14(7-3-12)18(23)19-15-8-16(9-15)20(11-17(21)22)10-13-4-5-13/h2-3,6-7,13,15-16H,4-5,8-11H2,1H3,(H,19,23)(H,21,22). The lowest BCUT2D eigenvalue weighted by Gasteiger charge is -2.42. The third-order valence-corrected chi connectivity index (χ3v) is 4.81. The van der Waals surface area contributed by atoms with Gasteiger partial charge in [0.05, 0.1) is 6.54 Å². The fraction of sp³-hybridized carbons (Fsp3) is 0.556. The topological polar surface area (TPSA) is 69.6 Å². The van der Waals surface area contributed by atoms with Crippen LogP contribution in [0.15, 0.2) is 24.3 Å². The van der Waals surface area contributed by atoms with Gasteiger partial charge in [-0.15, -0.1) is 0 Å². The van der Waals surface area contributed by atoms with Gasteiger partial charge in [0.15, 0.2) is 0 Å². The molecule has 124 valence electrons. The van der Waals surface area contributed by atoms with Crippen LogP contribution in [-0.2, 0) is 4.79 Å². The fourth-order valence-corrected chi connectivity index (χ4v) is 3.13. The zero-order chi connectivity index (χ0) is 16.4. The van der Waals surface area contributed by atoms with Crippen molar-refractivity contribution in [2.24, 2.45) is 5.92 Å². The van der Waals surface area contributed by atoms with Crippen molar-refractivity contribution in [3.05, 3.63) is 35.4 Å². The molecule has 0 unspecified atom stereocenters. The number of nitrogens with one attached hydrogen (secondary N) is 1. The van der Waals surface area contributed by atoms with Gasteiger partial charge in [0.1, 0.15) is 0 Å². The van der Waals surface area contributed by atoms with Crippen LogP contribution >= 0.6 is 0 Å².